The van der Waals surface area contributed by atoms with E-state index in [0.29, 0.717) is 17.8 Å². The van der Waals surface area contributed by atoms with E-state index in [2.05, 4.69) is 73.1 Å². The first-order chi connectivity index (χ1) is 13.1. The van der Waals surface area contributed by atoms with Crippen molar-refractivity contribution < 1.29 is 9.47 Å². The maximum atomic E-state index is 5.89. The van der Waals surface area contributed by atoms with Crippen LogP contribution in [0.25, 0.3) is 11.1 Å². The molecule has 0 amide bonds. The normalized spacial score (nSPS) is 11.8. The molecule has 0 saturated carbocycles. The number of rotatable bonds is 7. The molecule has 2 rings (SSSR count). The number of hydrogen-bond donors (Lipinski definition) is 0. The van der Waals surface area contributed by atoms with Crippen LogP contribution >= 0.6 is 7.92 Å². The second-order valence-electron chi connectivity index (χ2n) is 8.63. The van der Waals surface area contributed by atoms with Crippen molar-refractivity contribution in [2.24, 2.45) is 0 Å². The van der Waals surface area contributed by atoms with Crippen LogP contribution in [0.1, 0.15) is 76.0 Å². The summed E-state index contributed by atoms with van der Waals surface area (Å²) >= 11 is 0. The molecule has 3 heteroatoms. The summed E-state index contributed by atoms with van der Waals surface area (Å²) in [7, 11) is 3.16. The standard InChI is InChI=1S/C25H37O2P/c1-15(2)18-13-19(16(3)4)23(20(14-18)17(5)6)24-21(26-7)11-12-22(27-8)25(24)28(9)10/h11-17H,1-10H3. The molecule has 0 fully saturated rings. The lowest BCUT2D eigenvalue weighted by atomic mass is 9.81. The minimum Gasteiger partial charge on any atom is -0.496 e. The molecular formula is C25H37O2P. The summed E-state index contributed by atoms with van der Waals surface area (Å²) in [5, 5.41) is 1.29. The van der Waals surface area contributed by atoms with Gasteiger partial charge in [-0.1, -0.05) is 61.6 Å². The van der Waals surface area contributed by atoms with Gasteiger partial charge < -0.3 is 9.47 Å². The van der Waals surface area contributed by atoms with E-state index >= 15 is 0 Å². The summed E-state index contributed by atoms with van der Waals surface area (Å²) in [5.74, 6) is 3.26. The predicted octanol–water partition coefficient (Wildman–Crippen LogP) is 7.11. The molecule has 154 valence electrons. The molecule has 0 N–H and O–H groups in total. The molecule has 2 aromatic rings. The van der Waals surface area contributed by atoms with Crippen molar-refractivity contribution in [2.75, 3.05) is 27.5 Å². The van der Waals surface area contributed by atoms with Crippen LogP contribution in [0.4, 0.5) is 0 Å². The van der Waals surface area contributed by atoms with Crippen molar-refractivity contribution in [3.8, 4) is 22.6 Å². The second-order valence-corrected chi connectivity index (χ2v) is 10.9. The van der Waals surface area contributed by atoms with E-state index in [9.17, 15) is 0 Å². The van der Waals surface area contributed by atoms with Gasteiger partial charge in [-0.05, 0) is 65.5 Å². The summed E-state index contributed by atoms with van der Waals surface area (Å²) in [6.45, 7) is 18.3. The average Bonchev–Trinajstić information content (AvgIpc) is 2.65. The summed E-state index contributed by atoms with van der Waals surface area (Å²) in [5.41, 5.74) is 6.78. The van der Waals surface area contributed by atoms with Crippen LogP contribution in [-0.4, -0.2) is 27.5 Å². The highest BCUT2D eigenvalue weighted by Crippen LogP contribution is 2.46. The third-order valence-electron chi connectivity index (χ3n) is 5.37. The van der Waals surface area contributed by atoms with Gasteiger partial charge in [-0.15, -0.1) is 0 Å². The molecule has 0 heterocycles. The molecule has 0 radical (unpaired) electrons. The van der Waals surface area contributed by atoms with Crippen LogP contribution in [0.15, 0.2) is 24.3 Å². The van der Waals surface area contributed by atoms with E-state index in [-0.39, 0.29) is 7.92 Å². The maximum Gasteiger partial charge on any atom is 0.127 e. The highest BCUT2D eigenvalue weighted by atomic mass is 31.1. The molecule has 0 aliphatic rings. The molecule has 0 aliphatic carbocycles. The van der Waals surface area contributed by atoms with Gasteiger partial charge >= 0.3 is 0 Å². The molecule has 0 saturated heterocycles. The molecule has 0 spiro atoms. The number of methoxy groups -OCH3 is 2. The van der Waals surface area contributed by atoms with Crippen LogP contribution in [0.5, 0.6) is 11.5 Å². The van der Waals surface area contributed by atoms with Gasteiger partial charge in [-0.3, -0.25) is 0 Å². The number of hydrogen-bond acceptors (Lipinski definition) is 2. The quantitative estimate of drug-likeness (QED) is 0.461. The summed E-state index contributed by atoms with van der Waals surface area (Å²) in [6, 6.07) is 8.92. The van der Waals surface area contributed by atoms with E-state index in [1.54, 1.807) is 14.2 Å². The minimum atomic E-state index is -0.377. The van der Waals surface area contributed by atoms with Crippen molar-refractivity contribution in [3.63, 3.8) is 0 Å². The largest absolute Gasteiger partial charge is 0.496 e. The Balaban J connectivity index is 3.06. The predicted molar refractivity (Wildman–Crippen MR) is 126 cm³/mol. The van der Waals surface area contributed by atoms with E-state index in [4.69, 9.17) is 9.47 Å². The van der Waals surface area contributed by atoms with E-state index in [0.717, 1.165) is 11.5 Å². The highest BCUT2D eigenvalue weighted by Gasteiger charge is 2.26. The number of benzene rings is 2. The average molecular weight is 401 g/mol. The summed E-state index contributed by atoms with van der Waals surface area (Å²) < 4.78 is 11.7. The lowest BCUT2D eigenvalue weighted by Gasteiger charge is -2.27. The van der Waals surface area contributed by atoms with Crippen molar-refractivity contribution >= 4 is 13.2 Å². The smallest absolute Gasteiger partial charge is 0.127 e. The van der Waals surface area contributed by atoms with Gasteiger partial charge in [0.05, 0.1) is 14.2 Å². The second kappa shape index (κ2) is 9.31. The zero-order valence-electron chi connectivity index (χ0n) is 19.3. The Morgan fingerprint density at radius 3 is 1.50 bits per heavy atom. The van der Waals surface area contributed by atoms with Crippen LogP contribution in [-0.2, 0) is 0 Å². The fourth-order valence-corrected chi connectivity index (χ4v) is 5.09. The van der Waals surface area contributed by atoms with E-state index in [1.165, 1.54) is 33.1 Å². The zero-order chi connectivity index (χ0) is 21.2. The Morgan fingerprint density at radius 2 is 1.14 bits per heavy atom. The van der Waals surface area contributed by atoms with Gasteiger partial charge in [0.2, 0.25) is 0 Å². The Labute approximate surface area is 173 Å². The number of ether oxygens (including phenoxy) is 2. The molecule has 28 heavy (non-hydrogen) atoms. The molecule has 0 aliphatic heterocycles. The lowest BCUT2D eigenvalue weighted by molar-refractivity contribution is 0.407. The van der Waals surface area contributed by atoms with Crippen LogP contribution in [0.3, 0.4) is 0 Å². The van der Waals surface area contributed by atoms with Gasteiger partial charge in [0.25, 0.3) is 0 Å². The first kappa shape index (κ1) is 22.8. The Kier molecular flexibility index (Phi) is 7.57. The molecular weight excluding hydrogens is 363 g/mol. The minimum absolute atomic E-state index is 0.377. The van der Waals surface area contributed by atoms with Crippen molar-refractivity contribution in [1.82, 2.24) is 0 Å². The Bertz CT molecular complexity index is 791. The van der Waals surface area contributed by atoms with Crippen LogP contribution < -0.4 is 14.8 Å². The van der Waals surface area contributed by atoms with Gasteiger partial charge in [0, 0.05) is 10.9 Å². The van der Waals surface area contributed by atoms with Gasteiger partial charge in [0.1, 0.15) is 11.5 Å². The van der Waals surface area contributed by atoms with Crippen molar-refractivity contribution in [2.45, 2.75) is 59.3 Å². The van der Waals surface area contributed by atoms with Crippen molar-refractivity contribution in [1.29, 1.82) is 0 Å². The highest BCUT2D eigenvalue weighted by molar-refractivity contribution is 7.64. The SMILES string of the molecule is COc1ccc(OC)c(P(C)C)c1-c1c(C(C)C)cc(C(C)C)cc1C(C)C. The third kappa shape index (κ3) is 4.38. The molecule has 0 unspecified atom stereocenters. The maximum absolute atomic E-state index is 5.89. The molecule has 0 aromatic heterocycles. The van der Waals surface area contributed by atoms with E-state index in [1.807, 2.05) is 6.07 Å². The monoisotopic (exact) mass is 400 g/mol. The Hall–Kier alpha value is -1.53. The van der Waals surface area contributed by atoms with Crippen LogP contribution in [0, 0.1) is 0 Å². The van der Waals surface area contributed by atoms with Crippen molar-refractivity contribution in [3.05, 3.63) is 41.0 Å². The van der Waals surface area contributed by atoms with Gasteiger partial charge in [0.15, 0.2) is 0 Å². The Morgan fingerprint density at radius 1 is 0.679 bits per heavy atom. The third-order valence-corrected chi connectivity index (χ3v) is 6.71. The topological polar surface area (TPSA) is 18.5 Å². The summed E-state index contributed by atoms with van der Waals surface area (Å²) in [4.78, 5) is 0. The lowest BCUT2D eigenvalue weighted by Crippen LogP contribution is -2.14. The van der Waals surface area contributed by atoms with Gasteiger partial charge in [-0.2, -0.15) is 0 Å². The first-order valence-corrected chi connectivity index (χ1v) is 12.5. The molecule has 0 bridgehead atoms. The fourth-order valence-electron chi connectivity index (χ4n) is 3.82. The fraction of sp³-hybridized carbons (Fsp3) is 0.520. The summed E-state index contributed by atoms with van der Waals surface area (Å²) in [6.07, 6.45) is 0. The van der Waals surface area contributed by atoms with Gasteiger partial charge in [-0.25, -0.2) is 0 Å². The molecule has 0 atom stereocenters. The van der Waals surface area contributed by atoms with Crippen LogP contribution in [0.2, 0.25) is 0 Å². The van der Waals surface area contributed by atoms with E-state index < -0.39 is 0 Å². The first-order valence-electron chi connectivity index (χ1n) is 10.2. The molecule has 2 nitrogen and oxygen atoms in total. The zero-order valence-corrected chi connectivity index (χ0v) is 20.2. The molecule has 2 aromatic carbocycles.